The summed E-state index contributed by atoms with van der Waals surface area (Å²) in [6.07, 6.45) is 4.58. The summed E-state index contributed by atoms with van der Waals surface area (Å²) in [7, 11) is 0. The third-order valence-electron chi connectivity index (χ3n) is 4.70. The Morgan fingerprint density at radius 2 is 1.85 bits per heavy atom. The van der Waals surface area contributed by atoms with Crippen LogP contribution in [0.3, 0.4) is 0 Å². The number of anilines is 2. The third-order valence-corrected chi connectivity index (χ3v) is 4.70. The fraction of sp³-hybridized carbons (Fsp3) is 0.368. The van der Waals surface area contributed by atoms with Crippen LogP contribution < -0.4 is 10.2 Å². The second-order valence-corrected chi connectivity index (χ2v) is 6.56. The summed E-state index contributed by atoms with van der Waals surface area (Å²) in [6.45, 7) is 2.84. The Kier molecular flexibility index (Phi) is 5.04. The number of aromatic nitrogens is 4. The van der Waals surface area contributed by atoms with Gasteiger partial charge in [-0.25, -0.2) is 0 Å². The Labute approximate surface area is 152 Å². The van der Waals surface area contributed by atoms with Gasteiger partial charge in [0.25, 0.3) is 0 Å². The molecule has 3 aromatic rings. The number of hydrogen-bond acceptors (Lipinski definition) is 7. The molecule has 1 aliphatic heterocycles. The molecule has 1 saturated heterocycles. The fourth-order valence-electron chi connectivity index (χ4n) is 3.23. The van der Waals surface area contributed by atoms with Crippen LogP contribution in [0.2, 0.25) is 0 Å². The van der Waals surface area contributed by atoms with Crippen molar-refractivity contribution in [3.63, 3.8) is 0 Å². The molecule has 1 aliphatic rings. The molecule has 7 nitrogen and oxygen atoms in total. The maximum atomic E-state index is 5.71. The van der Waals surface area contributed by atoms with Gasteiger partial charge >= 0.3 is 6.01 Å². The molecule has 0 unspecified atom stereocenters. The van der Waals surface area contributed by atoms with Crippen LogP contribution in [0.4, 0.5) is 11.8 Å². The van der Waals surface area contributed by atoms with Crippen molar-refractivity contribution in [2.24, 2.45) is 5.92 Å². The zero-order chi connectivity index (χ0) is 17.6. The van der Waals surface area contributed by atoms with E-state index in [-0.39, 0.29) is 0 Å². The zero-order valence-electron chi connectivity index (χ0n) is 14.6. The van der Waals surface area contributed by atoms with Crippen LogP contribution in [0.1, 0.15) is 24.3 Å². The van der Waals surface area contributed by atoms with E-state index in [0.29, 0.717) is 24.2 Å². The van der Waals surface area contributed by atoms with Crippen LogP contribution >= 0.6 is 0 Å². The molecule has 134 valence electrons. The highest BCUT2D eigenvalue weighted by atomic mass is 16.4. The van der Waals surface area contributed by atoms with Crippen LogP contribution in [0.15, 0.2) is 53.1 Å². The highest BCUT2D eigenvalue weighted by Crippen LogP contribution is 2.21. The molecule has 4 rings (SSSR count). The second-order valence-electron chi connectivity index (χ2n) is 6.56. The molecule has 26 heavy (non-hydrogen) atoms. The van der Waals surface area contributed by atoms with Gasteiger partial charge < -0.3 is 14.6 Å². The largest absolute Gasteiger partial charge is 0.408 e. The number of nitrogens with one attached hydrogen (secondary N) is 1. The maximum Gasteiger partial charge on any atom is 0.315 e. The molecule has 0 aliphatic carbocycles. The summed E-state index contributed by atoms with van der Waals surface area (Å²) in [5.41, 5.74) is 1.17. The van der Waals surface area contributed by atoms with Gasteiger partial charge in [-0.05, 0) is 36.5 Å². The minimum atomic E-state index is 0.507. The summed E-state index contributed by atoms with van der Waals surface area (Å²) in [5.74, 6) is 2.19. The van der Waals surface area contributed by atoms with Gasteiger partial charge in [-0.15, -0.1) is 10.2 Å². The lowest BCUT2D eigenvalue weighted by Crippen LogP contribution is -2.36. The predicted molar refractivity (Wildman–Crippen MR) is 99.0 cm³/mol. The Balaban J connectivity index is 1.24. The van der Waals surface area contributed by atoms with Crippen molar-refractivity contribution in [3.8, 4) is 0 Å². The van der Waals surface area contributed by atoms with Crippen LogP contribution in [-0.4, -0.2) is 40.0 Å². The van der Waals surface area contributed by atoms with Crippen LogP contribution in [-0.2, 0) is 6.42 Å². The first-order valence-corrected chi connectivity index (χ1v) is 8.99. The molecule has 1 fully saturated rings. The third kappa shape index (κ3) is 4.17. The normalized spacial score (nSPS) is 15.2. The van der Waals surface area contributed by atoms with Crippen molar-refractivity contribution in [1.82, 2.24) is 20.4 Å². The van der Waals surface area contributed by atoms with Crippen molar-refractivity contribution in [3.05, 3.63) is 60.1 Å². The highest BCUT2D eigenvalue weighted by molar-refractivity contribution is 5.36. The average molecular weight is 350 g/mol. The van der Waals surface area contributed by atoms with Crippen LogP contribution in [0, 0.1) is 5.92 Å². The molecule has 7 heteroatoms. The van der Waals surface area contributed by atoms with E-state index in [1.165, 1.54) is 5.56 Å². The molecule has 0 saturated carbocycles. The van der Waals surface area contributed by atoms with E-state index >= 15 is 0 Å². The first-order valence-electron chi connectivity index (χ1n) is 8.99. The predicted octanol–water partition coefficient (Wildman–Crippen LogP) is 2.78. The number of piperidine rings is 1. The smallest absolute Gasteiger partial charge is 0.315 e. The SMILES string of the molecule is c1ccc(Cc2nnc(NCC3CCN(c4cccnn4)CC3)o2)cc1. The molecule has 1 aromatic carbocycles. The first kappa shape index (κ1) is 16.5. The zero-order valence-corrected chi connectivity index (χ0v) is 14.6. The first-order chi connectivity index (χ1) is 12.9. The molecular formula is C19H22N6O. The van der Waals surface area contributed by atoms with E-state index < -0.39 is 0 Å². The lowest BCUT2D eigenvalue weighted by atomic mass is 9.97. The molecule has 0 bridgehead atoms. The standard InChI is InChI=1S/C19H22N6O/c1-2-5-15(6-3-1)13-18-23-24-19(26-18)20-14-16-8-11-25(12-9-16)17-7-4-10-21-22-17/h1-7,10,16H,8-9,11-14H2,(H,20,24). The van der Waals surface area contributed by atoms with Gasteiger partial charge in [0.15, 0.2) is 5.82 Å². The minimum Gasteiger partial charge on any atom is -0.408 e. The molecule has 0 amide bonds. The van der Waals surface area contributed by atoms with Crippen molar-refractivity contribution in [1.29, 1.82) is 0 Å². The summed E-state index contributed by atoms with van der Waals surface area (Å²) in [4.78, 5) is 2.29. The Bertz CT molecular complexity index is 799. The van der Waals surface area contributed by atoms with E-state index in [0.717, 1.165) is 38.3 Å². The summed E-state index contributed by atoms with van der Waals surface area (Å²) < 4.78 is 5.71. The number of benzene rings is 1. The number of nitrogens with zero attached hydrogens (tertiary/aromatic N) is 5. The lowest BCUT2D eigenvalue weighted by Gasteiger charge is -2.32. The molecule has 0 radical (unpaired) electrons. The van der Waals surface area contributed by atoms with Crippen molar-refractivity contribution in [2.45, 2.75) is 19.3 Å². The Morgan fingerprint density at radius 1 is 1.00 bits per heavy atom. The van der Waals surface area contributed by atoms with E-state index in [4.69, 9.17) is 4.42 Å². The Hall–Kier alpha value is -2.96. The van der Waals surface area contributed by atoms with Gasteiger partial charge in [-0.1, -0.05) is 35.4 Å². The van der Waals surface area contributed by atoms with Crippen LogP contribution in [0.5, 0.6) is 0 Å². The van der Waals surface area contributed by atoms with Crippen molar-refractivity contribution in [2.75, 3.05) is 29.9 Å². The molecule has 0 spiro atoms. The fourth-order valence-corrected chi connectivity index (χ4v) is 3.23. The van der Waals surface area contributed by atoms with Gasteiger partial charge in [-0.3, -0.25) is 0 Å². The van der Waals surface area contributed by atoms with Gasteiger partial charge in [0, 0.05) is 25.8 Å². The van der Waals surface area contributed by atoms with E-state index in [1.54, 1.807) is 6.20 Å². The summed E-state index contributed by atoms with van der Waals surface area (Å²) in [6, 6.07) is 14.6. The number of hydrogen-bond donors (Lipinski definition) is 1. The second kappa shape index (κ2) is 7.95. The van der Waals surface area contributed by atoms with Crippen LogP contribution in [0.25, 0.3) is 0 Å². The van der Waals surface area contributed by atoms with Gasteiger partial charge in [0.05, 0.1) is 6.42 Å². The summed E-state index contributed by atoms with van der Waals surface area (Å²) >= 11 is 0. The average Bonchev–Trinajstić information content (AvgIpc) is 3.16. The van der Waals surface area contributed by atoms with Gasteiger partial charge in [0.1, 0.15) is 0 Å². The highest BCUT2D eigenvalue weighted by Gasteiger charge is 2.20. The molecule has 0 atom stereocenters. The minimum absolute atomic E-state index is 0.507. The number of rotatable bonds is 6. The van der Waals surface area contributed by atoms with Crippen molar-refractivity contribution >= 4 is 11.8 Å². The Morgan fingerprint density at radius 3 is 2.62 bits per heavy atom. The van der Waals surface area contributed by atoms with E-state index in [9.17, 15) is 0 Å². The van der Waals surface area contributed by atoms with E-state index in [1.807, 2.05) is 30.3 Å². The summed E-state index contributed by atoms with van der Waals surface area (Å²) in [5, 5.41) is 19.7. The molecule has 1 N–H and O–H groups in total. The van der Waals surface area contributed by atoms with Gasteiger partial charge in [-0.2, -0.15) is 5.10 Å². The van der Waals surface area contributed by atoms with E-state index in [2.05, 4.69) is 42.7 Å². The monoisotopic (exact) mass is 350 g/mol. The van der Waals surface area contributed by atoms with Crippen molar-refractivity contribution < 1.29 is 4.42 Å². The molecular weight excluding hydrogens is 328 g/mol. The maximum absolute atomic E-state index is 5.71. The lowest BCUT2D eigenvalue weighted by molar-refractivity contribution is 0.415. The quantitative estimate of drug-likeness (QED) is 0.732. The molecule has 2 aromatic heterocycles. The van der Waals surface area contributed by atoms with Gasteiger partial charge in [0.2, 0.25) is 5.89 Å². The topological polar surface area (TPSA) is 80.0 Å². The molecule has 3 heterocycles.